The molecule has 18 heavy (non-hydrogen) atoms. The first-order valence-corrected chi connectivity index (χ1v) is 7.99. The maximum atomic E-state index is 5.79. The van der Waals surface area contributed by atoms with Crippen molar-refractivity contribution in [1.29, 1.82) is 0 Å². The number of benzene rings is 1. The molecule has 2 nitrogen and oxygen atoms in total. The van der Waals surface area contributed by atoms with E-state index in [0.717, 1.165) is 11.7 Å². The number of nitrogens with zero attached hydrogens (tertiary/aromatic N) is 1. The van der Waals surface area contributed by atoms with Crippen molar-refractivity contribution < 1.29 is 0 Å². The zero-order chi connectivity index (χ0) is 12.8. The van der Waals surface area contributed by atoms with Crippen LogP contribution in [0.1, 0.15) is 24.5 Å². The molecule has 1 aromatic carbocycles. The van der Waals surface area contributed by atoms with Gasteiger partial charge < -0.3 is 10.6 Å². The molecule has 2 rings (SSSR count). The summed E-state index contributed by atoms with van der Waals surface area (Å²) >= 11 is 2.13. The predicted octanol–water partition coefficient (Wildman–Crippen LogP) is 2.52. The highest BCUT2D eigenvalue weighted by Gasteiger charge is 2.18. The topological polar surface area (TPSA) is 29.3 Å². The van der Waals surface area contributed by atoms with Gasteiger partial charge in [-0.3, -0.25) is 0 Å². The van der Waals surface area contributed by atoms with Crippen LogP contribution in [0.15, 0.2) is 24.3 Å². The standard InChI is InChI=1S/C15H24N2S/c1-2-15-12-17(9-10-18-15)8-7-13-5-3-4-6-14(13)11-16/h3-6,15H,2,7-12,16H2,1H3. The summed E-state index contributed by atoms with van der Waals surface area (Å²) in [6, 6.07) is 8.57. The maximum absolute atomic E-state index is 5.79. The lowest BCUT2D eigenvalue weighted by Gasteiger charge is -2.32. The van der Waals surface area contributed by atoms with Crippen LogP contribution in [0.5, 0.6) is 0 Å². The van der Waals surface area contributed by atoms with Crippen molar-refractivity contribution in [2.45, 2.75) is 31.6 Å². The Balaban J connectivity index is 1.87. The lowest BCUT2D eigenvalue weighted by atomic mass is 10.0. The molecule has 1 saturated heterocycles. The van der Waals surface area contributed by atoms with Crippen LogP contribution >= 0.6 is 11.8 Å². The molecule has 1 unspecified atom stereocenters. The molecule has 2 N–H and O–H groups in total. The molecule has 0 bridgehead atoms. The van der Waals surface area contributed by atoms with Crippen LogP contribution in [0.2, 0.25) is 0 Å². The van der Waals surface area contributed by atoms with E-state index in [9.17, 15) is 0 Å². The van der Waals surface area contributed by atoms with Crippen molar-refractivity contribution in [2.75, 3.05) is 25.4 Å². The normalized spacial score (nSPS) is 21.1. The summed E-state index contributed by atoms with van der Waals surface area (Å²) in [4.78, 5) is 2.61. The van der Waals surface area contributed by atoms with E-state index in [1.165, 1.54) is 42.9 Å². The summed E-state index contributed by atoms with van der Waals surface area (Å²) in [5.41, 5.74) is 8.51. The number of thioether (sulfide) groups is 1. The van der Waals surface area contributed by atoms with Gasteiger partial charge in [-0.25, -0.2) is 0 Å². The van der Waals surface area contributed by atoms with E-state index in [1.54, 1.807) is 0 Å². The lowest BCUT2D eigenvalue weighted by Crippen LogP contribution is -2.38. The molecule has 0 radical (unpaired) electrons. The smallest absolute Gasteiger partial charge is 0.0180 e. The van der Waals surface area contributed by atoms with Crippen LogP contribution in [0.3, 0.4) is 0 Å². The third kappa shape index (κ3) is 3.74. The number of hydrogen-bond acceptors (Lipinski definition) is 3. The van der Waals surface area contributed by atoms with Crippen LogP contribution in [0.4, 0.5) is 0 Å². The zero-order valence-corrected chi connectivity index (χ0v) is 12.1. The quantitative estimate of drug-likeness (QED) is 0.886. The van der Waals surface area contributed by atoms with Crippen molar-refractivity contribution in [2.24, 2.45) is 5.73 Å². The zero-order valence-electron chi connectivity index (χ0n) is 11.3. The Labute approximate surface area is 115 Å². The van der Waals surface area contributed by atoms with E-state index in [0.29, 0.717) is 6.54 Å². The molecule has 1 fully saturated rings. The summed E-state index contributed by atoms with van der Waals surface area (Å²) in [6.45, 7) is 6.63. The van der Waals surface area contributed by atoms with Gasteiger partial charge in [-0.15, -0.1) is 0 Å². The SMILES string of the molecule is CCC1CN(CCc2ccccc2CN)CCS1. The van der Waals surface area contributed by atoms with Crippen LogP contribution in [0.25, 0.3) is 0 Å². The summed E-state index contributed by atoms with van der Waals surface area (Å²) in [6.07, 6.45) is 2.43. The molecule has 0 spiro atoms. The molecule has 0 saturated carbocycles. The second-order valence-corrected chi connectivity index (χ2v) is 6.33. The van der Waals surface area contributed by atoms with E-state index in [2.05, 4.69) is 47.9 Å². The van der Waals surface area contributed by atoms with Crippen LogP contribution in [-0.4, -0.2) is 35.5 Å². The van der Waals surface area contributed by atoms with Gasteiger partial charge in [0, 0.05) is 37.2 Å². The van der Waals surface area contributed by atoms with Gasteiger partial charge in [0.1, 0.15) is 0 Å². The fourth-order valence-electron chi connectivity index (χ4n) is 2.51. The minimum atomic E-state index is 0.656. The van der Waals surface area contributed by atoms with E-state index in [1.807, 2.05) is 0 Å². The second kappa shape index (κ2) is 7.17. The molecule has 1 aromatic rings. The monoisotopic (exact) mass is 264 g/mol. The molecule has 3 heteroatoms. The molecule has 1 heterocycles. The number of hydrogen-bond donors (Lipinski definition) is 1. The third-order valence-corrected chi connectivity index (χ3v) is 5.09. The molecule has 100 valence electrons. The van der Waals surface area contributed by atoms with E-state index in [-0.39, 0.29) is 0 Å². The molecule has 1 aliphatic rings. The fourth-order valence-corrected chi connectivity index (χ4v) is 3.76. The average Bonchev–Trinajstić information content (AvgIpc) is 2.45. The first-order valence-electron chi connectivity index (χ1n) is 6.94. The fraction of sp³-hybridized carbons (Fsp3) is 0.600. The largest absolute Gasteiger partial charge is 0.326 e. The molecule has 0 amide bonds. The van der Waals surface area contributed by atoms with Gasteiger partial charge in [-0.05, 0) is 24.0 Å². The Kier molecular flexibility index (Phi) is 5.54. The Hall–Kier alpha value is -0.510. The van der Waals surface area contributed by atoms with Gasteiger partial charge in [0.25, 0.3) is 0 Å². The summed E-state index contributed by atoms with van der Waals surface area (Å²) in [5.74, 6) is 1.29. The van der Waals surface area contributed by atoms with Crippen LogP contribution in [-0.2, 0) is 13.0 Å². The van der Waals surface area contributed by atoms with Gasteiger partial charge in [0.05, 0.1) is 0 Å². The van der Waals surface area contributed by atoms with Crippen LogP contribution < -0.4 is 5.73 Å². The van der Waals surface area contributed by atoms with Crippen molar-refractivity contribution in [3.63, 3.8) is 0 Å². The highest BCUT2D eigenvalue weighted by molar-refractivity contribution is 8.00. The summed E-state index contributed by atoms with van der Waals surface area (Å²) in [5, 5.41) is 0.837. The Bertz CT molecular complexity index is 367. The van der Waals surface area contributed by atoms with Crippen molar-refractivity contribution in [3.8, 4) is 0 Å². The summed E-state index contributed by atoms with van der Waals surface area (Å²) in [7, 11) is 0. The van der Waals surface area contributed by atoms with Crippen LogP contribution in [0, 0.1) is 0 Å². The van der Waals surface area contributed by atoms with Gasteiger partial charge in [0.15, 0.2) is 0 Å². The Morgan fingerprint density at radius 1 is 1.33 bits per heavy atom. The molecule has 1 atom stereocenters. The lowest BCUT2D eigenvalue weighted by molar-refractivity contribution is 0.284. The second-order valence-electron chi connectivity index (χ2n) is 4.92. The number of rotatable bonds is 5. The average molecular weight is 264 g/mol. The molecule has 0 aromatic heterocycles. The predicted molar refractivity (Wildman–Crippen MR) is 81.0 cm³/mol. The van der Waals surface area contributed by atoms with Crippen molar-refractivity contribution in [3.05, 3.63) is 35.4 Å². The third-order valence-electron chi connectivity index (χ3n) is 3.71. The summed E-state index contributed by atoms with van der Waals surface area (Å²) < 4.78 is 0. The molecular weight excluding hydrogens is 240 g/mol. The molecule has 1 aliphatic heterocycles. The molecule has 0 aliphatic carbocycles. The molecular formula is C15H24N2S. The highest BCUT2D eigenvalue weighted by Crippen LogP contribution is 2.21. The number of nitrogens with two attached hydrogens (primary N) is 1. The maximum Gasteiger partial charge on any atom is 0.0180 e. The van der Waals surface area contributed by atoms with E-state index < -0.39 is 0 Å². The minimum Gasteiger partial charge on any atom is -0.326 e. The van der Waals surface area contributed by atoms with E-state index >= 15 is 0 Å². The van der Waals surface area contributed by atoms with E-state index in [4.69, 9.17) is 5.73 Å². The first kappa shape index (κ1) is 13.9. The van der Waals surface area contributed by atoms with Gasteiger partial charge >= 0.3 is 0 Å². The Morgan fingerprint density at radius 2 is 2.11 bits per heavy atom. The first-order chi connectivity index (χ1) is 8.83. The Morgan fingerprint density at radius 3 is 2.83 bits per heavy atom. The van der Waals surface area contributed by atoms with Gasteiger partial charge in [-0.1, -0.05) is 31.2 Å². The van der Waals surface area contributed by atoms with Gasteiger partial charge in [0.2, 0.25) is 0 Å². The highest BCUT2D eigenvalue weighted by atomic mass is 32.2. The minimum absolute atomic E-state index is 0.656. The van der Waals surface area contributed by atoms with Crippen molar-refractivity contribution >= 4 is 11.8 Å². The van der Waals surface area contributed by atoms with Crippen molar-refractivity contribution in [1.82, 2.24) is 4.90 Å². The van der Waals surface area contributed by atoms with Gasteiger partial charge in [-0.2, -0.15) is 11.8 Å².